The molecule has 0 spiro atoms. The molecule has 88 valence electrons. The molecular formula is C13H17BrO2. The van der Waals surface area contributed by atoms with Crippen LogP contribution in [0.3, 0.4) is 0 Å². The van der Waals surface area contributed by atoms with Crippen molar-refractivity contribution in [3.8, 4) is 0 Å². The van der Waals surface area contributed by atoms with E-state index in [2.05, 4.69) is 54.9 Å². The summed E-state index contributed by atoms with van der Waals surface area (Å²) in [4.78, 5) is 0. The first-order chi connectivity index (χ1) is 7.47. The van der Waals surface area contributed by atoms with Crippen molar-refractivity contribution in [3.05, 3.63) is 33.8 Å². The topological polar surface area (TPSA) is 18.5 Å². The first-order valence-corrected chi connectivity index (χ1v) is 6.30. The molecule has 0 amide bonds. The third-order valence-electron chi connectivity index (χ3n) is 2.68. The fourth-order valence-electron chi connectivity index (χ4n) is 1.73. The molecule has 3 heteroatoms. The third kappa shape index (κ3) is 2.65. The highest BCUT2D eigenvalue weighted by atomic mass is 79.9. The van der Waals surface area contributed by atoms with Gasteiger partial charge in [-0.05, 0) is 23.1 Å². The summed E-state index contributed by atoms with van der Waals surface area (Å²) in [6.45, 7) is 7.98. The predicted molar refractivity (Wildman–Crippen MR) is 67.5 cm³/mol. The molecule has 1 heterocycles. The van der Waals surface area contributed by atoms with Crippen molar-refractivity contribution in [1.29, 1.82) is 0 Å². The lowest BCUT2D eigenvalue weighted by Gasteiger charge is -2.21. The van der Waals surface area contributed by atoms with Crippen molar-refractivity contribution in [2.75, 3.05) is 13.2 Å². The van der Waals surface area contributed by atoms with Gasteiger partial charge in [-0.2, -0.15) is 0 Å². The molecule has 0 unspecified atom stereocenters. The van der Waals surface area contributed by atoms with E-state index in [0.29, 0.717) is 13.2 Å². The second-order valence-corrected chi connectivity index (χ2v) is 6.01. The van der Waals surface area contributed by atoms with Crippen LogP contribution in [0.2, 0.25) is 0 Å². The summed E-state index contributed by atoms with van der Waals surface area (Å²) in [5, 5.41) is 0. The second kappa shape index (κ2) is 4.47. The van der Waals surface area contributed by atoms with Crippen molar-refractivity contribution in [2.24, 2.45) is 0 Å². The molecule has 0 aliphatic carbocycles. The average Bonchev–Trinajstić information content (AvgIpc) is 2.68. The van der Waals surface area contributed by atoms with Gasteiger partial charge in [-0.15, -0.1) is 0 Å². The summed E-state index contributed by atoms with van der Waals surface area (Å²) >= 11 is 3.54. The molecule has 0 aromatic heterocycles. The Hall–Kier alpha value is -0.380. The number of hydrogen-bond acceptors (Lipinski definition) is 2. The molecule has 1 aliphatic rings. The summed E-state index contributed by atoms with van der Waals surface area (Å²) in [7, 11) is 0. The Morgan fingerprint density at radius 2 is 1.75 bits per heavy atom. The largest absolute Gasteiger partial charge is 0.346 e. The maximum Gasteiger partial charge on any atom is 0.184 e. The van der Waals surface area contributed by atoms with Crippen LogP contribution in [0.1, 0.15) is 38.2 Å². The van der Waals surface area contributed by atoms with Crippen molar-refractivity contribution >= 4 is 15.9 Å². The molecule has 1 aliphatic heterocycles. The lowest BCUT2D eigenvalue weighted by molar-refractivity contribution is -0.0442. The van der Waals surface area contributed by atoms with Crippen molar-refractivity contribution < 1.29 is 9.47 Å². The molecule has 1 fully saturated rings. The van der Waals surface area contributed by atoms with Crippen molar-refractivity contribution in [1.82, 2.24) is 0 Å². The average molecular weight is 285 g/mol. The van der Waals surface area contributed by atoms with E-state index >= 15 is 0 Å². The molecule has 2 rings (SSSR count). The summed E-state index contributed by atoms with van der Waals surface area (Å²) < 4.78 is 12.1. The van der Waals surface area contributed by atoms with Gasteiger partial charge < -0.3 is 9.47 Å². The van der Waals surface area contributed by atoms with Gasteiger partial charge in [0.1, 0.15) is 0 Å². The first kappa shape index (κ1) is 12.1. The van der Waals surface area contributed by atoms with Crippen LogP contribution in [-0.2, 0) is 14.9 Å². The van der Waals surface area contributed by atoms with Crippen LogP contribution in [0.5, 0.6) is 0 Å². The number of hydrogen-bond donors (Lipinski definition) is 0. The van der Waals surface area contributed by atoms with Gasteiger partial charge in [0, 0.05) is 10.0 Å². The van der Waals surface area contributed by atoms with Gasteiger partial charge >= 0.3 is 0 Å². The zero-order valence-electron chi connectivity index (χ0n) is 9.92. The zero-order chi connectivity index (χ0) is 11.8. The Morgan fingerprint density at radius 1 is 1.12 bits per heavy atom. The number of benzene rings is 1. The van der Waals surface area contributed by atoms with E-state index in [1.807, 2.05) is 0 Å². The van der Waals surface area contributed by atoms with Gasteiger partial charge in [-0.3, -0.25) is 0 Å². The van der Waals surface area contributed by atoms with E-state index in [1.54, 1.807) is 0 Å². The molecule has 0 radical (unpaired) electrons. The van der Waals surface area contributed by atoms with E-state index in [0.717, 1.165) is 10.0 Å². The van der Waals surface area contributed by atoms with E-state index in [4.69, 9.17) is 9.47 Å². The minimum atomic E-state index is -0.196. The number of rotatable bonds is 1. The van der Waals surface area contributed by atoms with Crippen LogP contribution in [0.25, 0.3) is 0 Å². The SMILES string of the molecule is CC(C)(C)c1cc(Br)cc(C2OCCO2)c1. The molecule has 0 bridgehead atoms. The minimum absolute atomic E-state index is 0.136. The molecule has 1 aromatic rings. The first-order valence-electron chi connectivity index (χ1n) is 5.51. The highest BCUT2D eigenvalue weighted by Crippen LogP contribution is 2.31. The lowest BCUT2D eigenvalue weighted by Crippen LogP contribution is -2.12. The summed E-state index contributed by atoms with van der Waals surface area (Å²) in [5.41, 5.74) is 2.52. The summed E-state index contributed by atoms with van der Waals surface area (Å²) in [5.74, 6) is 0. The van der Waals surface area contributed by atoms with E-state index in [1.165, 1.54) is 5.56 Å². The van der Waals surface area contributed by atoms with Gasteiger partial charge in [0.15, 0.2) is 6.29 Å². The molecule has 0 atom stereocenters. The van der Waals surface area contributed by atoms with Gasteiger partial charge in [0.25, 0.3) is 0 Å². The normalized spacial score (nSPS) is 18.0. The molecule has 2 nitrogen and oxygen atoms in total. The standard InChI is InChI=1S/C13H17BrO2/c1-13(2,3)10-6-9(7-11(14)8-10)12-15-4-5-16-12/h6-8,12H,4-5H2,1-3H3. The number of ether oxygens (including phenoxy) is 2. The monoisotopic (exact) mass is 284 g/mol. The van der Waals surface area contributed by atoms with Crippen molar-refractivity contribution in [3.63, 3.8) is 0 Å². The van der Waals surface area contributed by atoms with Crippen LogP contribution in [0.4, 0.5) is 0 Å². The van der Waals surface area contributed by atoms with E-state index < -0.39 is 0 Å². The van der Waals surface area contributed by atoms with Crippen LogP contribution in [0.15, 0.2) is 22.7 Å². The Kier molecular flexibility index (Phi) is 3.38. The maximum absolute atomic E-state index is 5.52. The zero-order valence-corrected chi connectivity index (χ0v) is 11.5. The van der Waals surface area contributed by atoms with Crippen LogP contribution >= 0.6 is 15.9 Å². The van der Waals surface area contributed by atoms with Crippen LogP contribution in [-0.4, -0.2) is 13.2 Å². The smallest absolute Gasteiger partial charge is 0.184 e. The quantitative estimate of drug-likeness (QED) is 0.781. The van der Waals surface area contributed by atoms with Crippen LogP contribution < -0.4 is 0 Å². The molecule has 16 heavy (non-hydrogen) atoms. The summed E-state index contributed by atoms with van der Waals surface area (Å²) in [6, 6.07) is 6.38. The maximum atomic E-state index is 5.52. The minimum Gasteiger partial charge on any atom is -0.346 e. The Labute approximate surface area is 105 Å². The van der Waals surface area contributed by atoms with Gasteiger partial charge in [0.2, 0.25) is 0 Å². The molecule has 1 aromatic carbocycles. The van der Waals surface area contributed by atoms with Gasteiger partial charge in [-0.1, -0.05) is 42.8 Å². The Morgan fingerprint density at radius 3 is 2.31 bits per heavy atom. The Bertz CT molecular complexity index is 376. The van der Waals surface area contributed by atoms with Crippen molar-refractivity contribution in [2.45, 2.75) is 32.5 Å². The molecule has 0 N–H and O–H groups in total. The number of halogens is 1. The van der Waals surface area contributed by atoms with E-state index in [9.17, 15) is 0 Å². The highest BCUT2D eigenvalue weighted by Gasteiger charge is 2.21. The molecule has 1 saturated heterocycles. The third-order valence-corrected chi connectivity index (χ3v) is 3.14. The lowest BCUT2D eigenvalue weighted by atomic mass is 9.86. The van der Waals surface area contributed by atoms with E-state index in [-0.39, 0.29) is 11.7 Å². The second-order valence-electron chi connectivity index (χ2n) is 5.10. The summed E-state index contributed by atoms with van der Waals surface area (Å²) in [6.07, 6.45) is -0.196. The fourth-order valence-corrected chi connectivity index (χ4v) is 2.24. The Balaban J connectivity index is 2.35. The predicted octanol–water partition coefficient (Wildman–Crippen LogP) is 3.79. The molecular weight excluding hydrogens is 268 g/mol. The molecule has 0 saturated carbocycles. The van der Waals surface area contributed by atoms with Gasteiger partial charge in [-0.25, -0.2) is 0 Å². The van der Waals surface area contributed by atoms with Gasteiger partial charge in [0.05, 0.1) is 13.2 Å². The highest BCUT2D eigenvalue weighted by molar-refractivity contribution is 9.10. The van der Waals surface area contributed by atoms with Crippen LogP contribution in [0, 0.1) is 0 Å². The fraction of sp³-hybridized carbons (Fsp3) is 0.538.